The van der Waals surface area contributed by atoms with Crippen molar-refractivity contribution in [3.63, 3.8) is 0 Å². The van der Waals surface area contributed by atoms with E-state index in [2.05, 4.69) is 38.2 Å². The van der Waals surface area contributed by atoms with Gasteiger partial charge in [0.1, 0.15) is 0 Å². The van der Waals surface area contributed by atoms with E-state index in [4.69, 9.17) is 0 Å². The lowest BCUT2D eigenvalue weighted by Gasteiger charge is -2.00. The van der Waals surface area contributed by atoms with Crippen LogP contribution in [0.3, 0.4) is 0 Å². The first-order valence-corrected chi connectivity index (χ1v) is 6.10. The summed E-state index contributed by atoms with van der Waals surface area (Å²) in [6.45, 7) is 8.11. The SMILES string of the molecule is CNCC1C(c2ccc(C)s2)C1(C)C. The van der Waals surface area contributed by atoms with Crippen molar-refractivity contribution in [2.75, 3.05) is 13.6 Å². The minimum Gasteiger partial charge on any atom is -0.319 e. The van der Waals surface area contributed by atoms with Gasteiger partial charge in [-0.2, -0.15) is 0 Å². The maximum Gasteiger partial charge on any atom is 0.00879 e. The van der Waals surface area contributed by atoms with E-state index >= 15 is 0 Å². The number of hydrogen-bond donors (Lipinski definition) is 1. The second kappa shape index (κ2) is 3.35. The molecule has 1 heterocycles. The van der Waals surface area contributed by atoms with Crippen molar-refractivity contribution in [3.05, 3.63) is 21.9 Å². The molecule has 1 N–H and O–H groups in total. The molecule has 1 fully saturated rings. The topological polar surface area (TPSA) is 12.0 Å². The van der Waals surface area contributed by atoms with Crippen LogP contribution in [0.1, 0.15) is 29.5 Å². The summed E-state index contributed by atoms with van der Waals surface area (Å²) in [5.74, 6) is 1.61. The third kappa shape index (κ3) is 1.51. The predicted octanol–water partition coefficient (Wildman–Crippen LogP) is 3.02. The Morgan fingerprint density at radius 3 is 2.64 bits per heavy atom. The van der Waals surface area contributed by atoms with Crippen LogP contribution < -0.4 is 5.32 Å². The molecule has 2 unspecified atom stereocenters. The number of hydrogen-bond acceptors (Lipinski definition) is 2. The zero-order valence-corrected chi connectivity index (χ0v) is 10.2. The van der Waals surface area contributed by atoms with Crippen LogP contribution in [0.4, 0.5) is 0 Å². The van der Waals surface area contributed by atoms with Crippen LogP contribution in [0.15, 0.2) is 12.1 Å². The maximum absolute atomic E-state index is 3.30. The Labute approximate surface area is 90.5 Å². The molecular weight excluding hydrogens is 190 g/mol. The molecule has 2 rings (SSSR count). The molecule has 1 aromatic rings. The zero-order chi connectivity index (χ0) is 10.3. The fraction of sp³-hybridized carbons (Fsp3) is 0.667. The highest BCUT2D eigenvalue weighted by Gasteiger charge is 2.57. The summed E-state index contributed by atoms with van der Waals surface area (Å²) >= 11 is 1.96. The van der Waals surface area contributed by atoms with Crippen molar-refractivity contribution in [1.82, 2.24) is 5.32 Å². The van der Waals surface area contributed by atoms with Gasteiger partial charge in [0, 0.05) is 15.7 Å². The van der Waals surface area contributed by atoms with Crippen LogP contribution >= 0.6 is 11.3 Å². The summed E-state index contributed by atoms with van der Waals surface area (Å²) in [6, 6.07) is 4.55. The second-order valence-corrected chi connectivity index (χ2v) is 6.23. The lowest BCUT2D eigenvalue weighted by atomic mass is 10.1. The summed E-state index contributed by atoms with van der Waals surface area (Å²) in [6.07, 6.45) is 0. The van der Waals surface area contributed by atoms with E-state index < -0.39 is 0 Å². The van der Waals surface area contributed by atoms with Gasteiger partial charge in [-0.3, -0.25) is 0 Å². The highest BCUT2D eigenvalue weighted by atomic mass is 32.1. The van der Waals surface area contributed by atoms with E-state index in [0.717, 1.165) is 18.4 Å². The fourth-order valence-corrected chi connectivity index (χ4v) is 3.77. The molecule has 0 aliphatic heterocycles. The lowest BCUT2D eigenvalue weighted by molar-refractivity contribution is 0.537. The Kier molecular flexibility index (Phi) is 2.44. The van der Waals surface area contributed by atoms with Gasteiger partial charge in [-0.15, -0.1) is 11.3 Å². The molecule has 1 nitrogen and oxygen atoms in total. The van der Waals surface area contributed by atoms with Crippen molar-refractivity contribution >= 4 is 11.3 Å². The number of rotatable bonds is 3. The van der Waals surface area contributed by atoms with E-state index in [0.29, 0.717) is 5.41 Å². The van der Waals surface area contributed by atoms with Crippen LogP contribution in [-0.2, 0) is 0 Å². The van der Waals surface area contributed by atoms with Gasteiger partial charge in [0.25, 0.3) is 0 Å². The number of nitrogens with one attached hydrogen (secondary N) is 1. The van der Waals surface area contributed by atoms with Gasteiger partial charge in [0.2, 0.25) is 0 Å². The molecule has 1 aliphatic rings. The summed E-state index contributed by atoms with van der Waals surface area (Å²) < 4.78 is 0. The van der Waals surface area contributed by atoms with Crippen LogP contribution in [0.5, 0.6) is 0 Å². The quantitative estimate of drug-likeness (QED) is 0.807. The summed E-state index contributed by atoms with van der Waals surface area (Å²) in [7, 11) is 2.05. The summed E-state index contributed by atoms with van der Waals surface area (Å²) in [5.41, 5.74) is 0.500. The maximum atomic E-state index is 3.30. The van der Waals surface area contributed by atoms with Crippen LogP contribution in [0.2, 0.25) is 0 Å². The highest BCUT2D eigenvalue weighted by molar-refractivity contribution is 7.12. The average molecular weight is 209 g/mol. The smallest absolute Gasteiger partial charge is 0.00879 e. The van der Waals surface area contributed by atoms with Gasteiger partial charge in [-0.05, 0) is 44.0 Å². The molecule has 0 saturated heterocycles. The standard InChI is InChI=1S/C12H19NS/c1-8-5-6-10(14-8)11-9(7-13-4)12(11,2)3/h5-6,9,11,13H,7H2,1-4H3. The van der Waals surface area contributed by atoms with Gasteiger partial charge in [0.15, 0.2) is 0 Å². The van der Waals surface area contributed by atoms with Crippen LogP contribution in [-0.4, -0.2) is 13.6 Å². The van der Waals surface area contributed by atoms with Gasteiger partial charge in [-0.25, -0.2) is 0 Å². The van der Waals surface area contributed by atoms with Crippen molar-refractivity contribution in [3.8, 4) is 0 Å². The van der Waals surface area contributed by atoms with Crippen molar-refractivity contribution in [1.29, 1.82) is 0 Å². The van der Waals surface area contributed by atoms with E-state index in [1.54, 1.807) is 4.88 Å². The zero-order valence-electron chi connectivity index (χ0n) is 9.42. The molecule has 1 aliphatic carbocycles. The molecule has 0 aromatic carbocycles. The molecule has 0 bridgehead atoms. The van der Waals surface area contributed by atoms with Crippen molar-refractivity contribution in [2.45, 2.75) is 26.7 Å². The average Bonchev–Trinajstić information content (AvgIpc) is 2.46. The van der Waals surface area contributed by atoms with E-state index in [9.17, 15) is 0 Å². The van der Waals surface area contributed by atoms with Crippen molar-refractivity contribution < 1.29 is 0 Å². The number of aryl methyl sites for hydroxylation is 1. The molecule has 2 heteroatoms. The molecular formula is C12H19NS. The molecule has 1 saturated carbocycles. The molecule has 0 radical (unpaired) electrons. The first-order chi connectivity index (χ1) is 6.57. The largest absolute Gasteiger partial charge is 0.319 e. The van der Waals surface area contributed by atoms with Crippen LogP contribution in [0, 0.1) is 18.3 Å². The van der Waals surface area contributed by atoms with Gasteiger partial charge in [-0.1, -0.05) is 13.8 Å². The summed E-state index contributed by atoms with van der Waals surface area (Å²) in [5, 5.41) is 3.30. The molecule has 78 valence electrons. The first kappa shape index (κ1) is 10.2. The van der Waals surface area contributed by atoms with E-state index in [1.807, 2.05) is 18.4 Å². The normalized spacial score (nSPS) is 29.1. The third-order valence-corrected chi connectivity index (χ3v) is 4.63. The lowest BCUT2D eigenvalue weighted by Crippen LogP contribution is -2.12. The molecule has 2 atom stereocenters. The third-order valence-electron chi connectivity index (χ3n) is 3.54. The Balaban J connectivity index is 2.14. The van der Waals surface area contributed by atoms with Gasteiger partial charge < -0.3 is 5.32 Å². The predicted molar refractivity (Wildman–Crippen MR) is 63.0 cm³/mol. The summed E-state index contributed by atoms with van der Waals surface area (Å²) in [4.78, 5) is 3.01. The second-order valence-electron chi connectivity index (χ2n) is 4.91. The Bertz CT molecular complexity index is 327. The highest BCUT2D eigenvalue weighted by Crippen LogP contribution is 2.64. The number of thiophene rings is 1. The van der Waals surface area contributed by atoms with Gasteiger partial charge >= 0.3 is 0 Å². The van der Waals surface area contributed by atoms with Crippen LogP contribution in [0.25, 0.3) is 0 Å². The van der Waals surface area contributed by atoms with E-state index in [-0.39, 0.29) is 0 Å². The molecule has 0 amide bonds. The first-order valence-electron chi connectivity index (χ1n) is 5.28. The van der Waals surface area contributed by atoms with E-state index in [1.165, 1.54) is 4.88 Å². The Morgan fingerprint density at radius 2 is 2.14 bits per heavy atom. The van der Waals surface area contributed by atoms with Gasteiger partial charge in [0.05, 0.1) is 0 Å². The van der Waals surface area contributed by atoms with Crippen molar-refractivity contribution in [2.24, 2.45) is 11.3 Å². The minimum absolute atomic E-state index is 0.500. The Morgan fingerprint density at radius 1 is 1.43 bits per heavy atom. The fourth-order valence-electron chi connectivity index (χ4n) is 2.53. The Hall–Kier alpha value is -0.340. The monoisotopic (exact) mass is 209 g/mol. The molecule has 1 aromatic heterocycles. The molecule has 14 heavy (non-hydrogen) atoms. The molecule has 0 spiro atoms. The minimum atomic E-state index is 0.500.